The van der Waals surface area contributed by atoms with Crippen LogP contribution in [0.15, 0.2) is 11.6 Å². The first-order valence-electron chi connectivity index (χ1n) is 6.51. The normalized spacial score (nSPS) is 38.3. The first kappa shape index (κ1) is 14.9. The molecule has 4 rings (SSSR count). The highest BCUT2D eigenvalue weighted by molar-refractivity contribution is 7.87. The summed E-state index contributed by atoms with van der Waals surface area (Å²) in [5.41, 5.74) is -0.557. The lowest BCUT2D eigenvalue weighted by Gasteiger charge is -2.53. The summed E-state index contributed by atoms with van der Waals surface area (Å²) in [4.78, 5) is 11.5. The molecule has 9 heteroatoms. The fourth-order valence-corrected chi connectivity index (χ4v) is 4.08. The van der Waals surface area contributed by atoms with Crippen LogP contribution in [-0.4, -0.2) is 41.0 Å². The number of ether oxygens (including phenoxy) is 1. The summed E-state index contributed by atoms with van der Waals surface area (Å²) in [5.74, 6) is -2.41. The third-order valence-corrected chi connectivity index (χ3v) is 5.36. The predicted octanol–water partition coefficient (Wildman–Crippen LogP) is 0.870. The van der Waals surface area contributed by atoms with Gasteiger partial charge in [-0.25, -0.2) is 4.79 Å². The van der Waals surface area contributed by atoms with Gasteiger partial charge in [0.1, 0.15) is 5.60 Å². The van der Waals surface area contributed by atoms with Gasteiger partial charge < -0.3 is 9.84 Å². The molecule has 2 N–H and O–H groups in total. The monoisotopic (exact) mass is 324 g/mol. The third-order valence-electron chi connectivity index (χ3n) is 4.55. The molecule has 118 valence electrons. The minimum Gasteiger partial charge on any atom is -0.453 e. The number of allylic oxidation sites excluding steroid dienone is 1. The van der Waals surface area contributed by atoms with Crippen LogP contribution in [0, 0.1) is 11.8 Å². The van der Waals surface area contributed by atoms with Crippen molar-refractivity contribution in [3.8, 4) is 0 Å². The van der Waals surface area contributed by atoms with E-state index in [-0.39, 0.29) is 24.7 Å². The summed E-state index contributed by atoms with van der Waals surface area (Å²) in [6, 6.07) is 0. The van der Waals surface area contributed by atoms with Crippen molar-refractivity contribution < 1.29 is 36.4 Å². The molecule has 4 bridgehead atoms. The molecule has 0 radical (unpaired) electrons. The van der Waals surface area contributed by atoms with Gasteiger partial charge in [-0.15, -0.1) is 0 Å². The Bertz CT molecular complexity index is 628. The van der Waals surface area contributed by atoms with Crippen LogP contribution in [0.4, 0.5) is 8.78 Å². The van der Waals surface area contributed by atoms with Crippen molar-refractivity contribution in [3.05, 3.63) is 11.6 Å². The Balaban J connectivity index is 1.84. The smallest absolute Gasteiger partial charge is 0.453 e. The summed E-state index contributed by atoms with van der Waals surface area (Å²) < 4.78 is 61.0. The second-order valence-corrected chi connectivity index (χ2v) is 7.55. The lowest BCUT2D eigenvalue weighted by molar-refractivity contribution is -0.191. The van der Waals surface area contributed by atoms with Gasteiger partial charge in [0, 0.05) is 6.42 Å². The van der Waals surface area contributed by atoms with E-state index < -0.39 is 33.0 Å². The quantitative estimate of drug-likeness (QED) is 0.454. The van der Waals surface area contributed by atoms with E-state index in [0.717, 1.165) is 0 Å². The van der Waals surface area contributed by atoms with Gasteiger partial charge >= 0.3 is 21.3 Å². The lowest BCUT2D eigenvalue weighted by atomic mass is 9.58. The molecule has 6 nitrogen and oxygen atoms in total. The van der Waals surface area contributed by atoms with Crippen LogP contribution < -0.4 is 0 Å². The number of halogens is 2. The van der Waals surface area contributed by atoms with E-state index in [1.807, 2.05) is 6.08 Å². The van der Waals surface area contributed by atoms with Crippen LogP contribution in [0.5, 0.6) is 0 Å². The second-order valence-electron chi connectivity index (χ2n) is 6.09. The average Bonchev–Trinajstić information content (AvgIpc) is 2.32. The van der Waals surface area contributed by atoms with Crippen LogP contribution in [0.1, 0.15) is 25.7 Å². The number of hydrogen-bond acceptors (Lipinski definition) is 5. The van der Waals surface area contributed by atoms with Crippen molar-refractivity contribution in [2.45, 2.75) is 42.6 Å². The van der Waals surface area contributed by atoms with Crippen LogP contribution >= 0.6 is 0 Å². The van der Waals surface area contributed by atoms with Gasteiger partial charge in [-0.2, -0.15) is 17.2 Å². The highest BCUT2D eigenvalue weighted by Gasteiger charge is 2.59. The molecule has 2 fully saturated rings. The van der Waals surface area contributed by atoms with Crippen molar-refractivity contribution in [2.24, 2.45) is 11.8 Å². The molecule has 0 heterocycles. The Labute approximate surface area is 119 Å². The summed E-state index contributed by atoms with van der Waals surface area (Å²) in [6.07, 6.45) is 2.57. The molecule has 4 aliphatic carbocycles. The zero-order chi connectivity index (χ0) is 15.6. The van der Waals surface area contributed by atoms with Crippen LogP contribution in [0.3, 0.4) is 0 Å². The van der Waals surface area contributed by atoms with Gasteiger partial charge in [0.25, 0.3) is 0 Å². The van der Waals surface area contributed by atoms with Crippen LogP contribution in [0.2, 0.25) is 0 Å². The van der Waals surface area contributed by atoms with Gasteiger partial charge in [0.2, 0.25) is 0 Å². The summed E-state index contributed by atoms with van der Waals surface area (Å²) in [7, 11) is -5.87. The Morgan fingerprint density at radius 3 is 2.67 bits per heavy atom. The molecule has 0 aromatic rings. The van der Waals surface area contributed by atoms with E-state index in [0.29, 0.717) is 18.4 Å². The molecule has 4 atom stereocenters. The van der Waals surface area contributed by atoms with Gasteiger partial charge in [-0.1, -0.05) is 6.08 Å². The zero-order valence-corrected chi connectivity index (χ0v) is 11.6. The van der Waals surface area contributed by atoms with E-state index in [4.69, 9.17) is 9.29 Å². The highest BCUT2D eigenvalue weighted by Crippen LogP contribution is 2.54. The standard InChI is InChI=1S/C12H14F2O6S/c13-12(14,21(17,18)19)10(16)20-11-3-6-1-7(4-11)9(15)8(2-6)5-11/h1,6,8-9,15H,2-5H2,(H,17,18,19). The third kappa shape index (κ3) is 2.18. The number of aliphatic hydroxyl groups is 1. The molecule has 2 saturated carbocycles. The van der Waals surface area contributed by atoms with E-state index in [1.165, 1.54) is 0 Å². The number of rotatable bonds is 3. The van der Waals surface area contributed by atoms with Crippen molar-refractivity contribution in [2.75, 3.05) is 0 Å². The van der Waals surface area contributed by atoms with Crippen LogP contribution in [-0.2, 0) is 19.6 Å². The lowest BCUT2D eigenvalue weighted by Crippen LogP contribution is -2.55. The number of carbonyl (C=O) groups excluding carboxylic acids is 1. The first-order valence-corrected chi connectivity index (χ1v) is 7.95. The topological polar surface area (TPSA) is 101 Å². The highest BCUT2D eigenvalue weighted by atomic mass is 32.2. The Kier molecular flexibility index (Phi) is 3.00. The maximum atomic E-state index is 13.3. The molecule has 0 amide bonds. The molecule has 0 saturated heterocycles. The molecule has 0 aromatic heterocycles. The molecular formula is C12H14F2O6S. The zero-order valence-electron chi connectivity index (χ0n) is 10.8. The largest absolute Gasteiger partial charge is 0.465 e. The molecule has 4 unspecified atom stereocenters. The van der Waals surface area contributed by atoms with Gasteiger partial charge in [-0.05, 0) is 36.7 Å². The number of carbonyl (C=O) groups is 1. The molecule has 0 spiro atoms. The fraction of sp³-hybridized carbons (Fsp3) is 0.750. The molecule has 4 aliphatic rings. The molecule has 0 aromatic carbocycles. The van der Waals surface area contributed by atoms with Crippen molar-refractivity contribution in [1.82, 2.24) is 0 Å². The minimum absolute atomic E-state index is 0.0306. The number of aliphatic hydroxyl groups excluding tert-OH is 1. The summed E-state index contributed by atoms with van der Waals surface area (Å²) in [6.45, 7) is 0. The Morgan fingerprint density at radius 1 is 1.43 bits per heavy atom. The SMILES string of the molecule is O=C(OC12CC3=CC(CC(C1)C3O)C2)C(F)(F)S(=O)(=O)O. The maximum absolute atomic E-state index is 13.3. The van der Waals surface area contributed by atoms with Crippen molar-refractivity contribution in [3.63, 3.8) is 0 Å². The van der Waals surface area contributed by atoms with Crippen LogP contribution in [0.25, 0.3) is 0 Å². The van der Waals surface area contributed by atoms with Gasteiger partial charge in [0.15, 0.2) is 0 Å². The Hall–Kier alpha value is -1.06. The minimum atomic E-state index is -5.87. The maximum Gasteiger partial charge on any atom is 0.465 e. The number of alkyl halides is 2. The molecular weight excluding hydrogens is 310 g/mol. The summed E-state index contributed by atoms with van der Waals surface area (Å²) >= 11 is 0. The molecule has 0 aliphatic heterocycles. The average molecular weight is 324 g/mol. The second kappa shape index (κ2) is 4.23. The van der Waals surface area contributed by atoms with Crippen molar-refractivity contribution in [1.29, 1.82) is 0 Å². The van der Waals surface area contributed by atoms with E-state index >= 15 is 0 Å². The predicted molar refractivity (Wildman–Crippen MR) is 64.9 cm³/mol. The number of esters is 1. The van der Waals surface area contributed by atoms with Gasteiger partial charge in [0.05, 0.1) is 6.10 Å². The van der Waals surface area contributed by atoms with E-state index in [2.05, 4.69) is 0 Å². The summed E-state index contributed by atoms with van der Waals surface area (Å²) in [5, 5.41) is 4.99. The van der Waals surface area contributed by atoms with E-state index in [1.54, 1.807) is 0 Å². The van der Waals surface area contributed by atoms with E-state index in [9.17, 15) is 27.1 Å². The molecule has 21 heavy (non-hydrogen) atoms. The Morgan fingerprint density at radius 2 is 2.10 bits per heavy atom. The first-order chi connectivity index (χ1) is 9.54. The van der Waals surface area contributed by atoms with Crippen molar-refractivity contribution >= 4 is 16.1 Å². The number of hydrogen-bond donors (Lipinski definition) is 2. The van der Waals surface area contributed by atoms with Gasteiger partial charge in [-0.3, -0.25) is 4.55 Å². The fourth-order valence-electron chi connectivity index (χ4n) is 3.83.